The van der Waals surface area contributed by atoms with Crippen molar-refractivity contribution in [3.8, 4) is 0 Å². The van der Waals surface area contributed by atoms with Gasteiger partial charge in [0, 0.05) is 19.3 Å². The van der Waals surface area contributed by atoms with E-state index in [1.165, 1.54) is 64.2 Å². The summed E-state index contributed by atoms with van der Waals surface area (Å²) >= 11 is 0. The molecule has 0 heterocycles. The molecule has 0 aromatic rings. The Bertz CT molecular complexity index is 1190. The van der Waals surface area contributed by atoms with Crippen molar-refractivity contribution in [3.63, 3.8) is 0 Å². The zero-order valence-corrected chi connectivity index (χ0v) is 36.9. The maximum Gasteiger partial charge on any atom is 0.472 e. The Labute approximate surface area is 342 Å². The number of carbonyl (C=O) groups excluding carboxylic acids is 3. The van der Waals surface area contributed by atoms with E-state index in [9.17, 15) is 33.5 Å². The first-order chi connectivity index (χ1) is 27.1. The van der Waals surface area contributed by atoms with Gasteiger partial charge in [0.15, 0.2) is 11.9 Å². The Kier molecular flexibility index (Phi) is 35.1. The third kappa shape index (κ3) is 40.8. The van der Waals surface area contributed by atoms with E-state index in [1.807, 2.05) is 6.08 Å². The molecule has 16 heteroatoms. The van der Waals surface area contributed by atoms with E-state index in [0.717, 1.165) is 63.7 Å². The van der Waals surface area contributed by atoms with Crippen molar-refractivity contribution in [1.82, 2.24) is 0 Å². The highest BCUT2D eigenvalue weighted by Gasteiger charge is 2.28. The molecule has 0 bridgehead atoms. The topological polar surface area (TPSA) is 212 Å². The zero-order chi connectivity index (χ0) is 42.6. The lowest BCUT2D eigenvalue weighted by molar-refractivity contribution is -0.161. The first-order valence-corrected chi connectivity index (χ1v) is 24.4. The second-order valence-electron chi connectivity index (χ2n) is 15.1. The van der Waals surface area contributed by atoms with E-state index in [2.05, 4.69) is 35.9 Å². The van der Waals surface area contributed by atoms with Gasteiger partial charge >= 0.3 is 27.6 Å². The summed E-state index contributed by atoms with van der Waals surface area (Å²) in [6.07, 6.45) is 27.2. The molecule has 14 nitrogen and oxygen atoms in total. The van der Waals surface area contributed by atoms with Crippen LogP contribution in [0.3, 0.4) is 0 Å². The molecular weight excluding hydrogens is 778 g/mol. The van der Waals surface area contributed by atoms with Crippen molar-refractivity contribution >= 4 is 33.4 Å². The van der Waals surface area contributed by atoms with Crippen LogP contribution in [0.2, 0.25) is 0 Å². The summed E-state index contributed by atoms with van der Waals surface area (Å²) in [5.74, 6) is -0.265. The summed E-state index contributed by atoms with van der Waals surface area (Å²) in [5.41, 5.74) is 0. The van der Waals surface area contributed by atoms with Gasteiger partial charge in [0.25, 0.3) is 0 Å². The minimum atomic E-state index is -4.87. The van der Waals surface area contributed by atoms with Gasteiger partial charge in [-0.3, -0.25) is 28.0 Å². The molecule has 0 rings (SSSR count). The predicted octanol–water partition coefficient (Wildman–Crippen LogP) is 9.76. The average molecular weight is 855 g/mol. The normalized spacial score (nSPS) is 14.3. The van der Waals surface area contributed by atoms with Crippen molar-refractivity contribution in [3.05, 3.63) is 24.3 Å². The Morgan fingerprint density at radius 3 is 1.67 bits per heavy atom. The lowest BCUT2D eigenvalue weighted by atomic mass is 10.0. The largest absolute Gasteiger partial charge is 0.472 e. The summed E-state index contributed by atoms with van der Waals surface area (Å²) in [4.78, 5) is 64.7. The smallest absolute Gasteiger partial charge is 0.462 e. The van der Waals surface area contributed by atoms with Crippen LogP contribution in [0.4, 0.5) is 0 Å². The van der Waals surface area contributed by atoms with Crippen molar-refractivity contribution in [2.75, 3.05) is 26.4 Å². The van der Waals surface area contributed by atoms with Crippen LogP contribution in [0.5, 0.6) is 0 Å². The first-order valence-electron chi connectivity index (χ1n) is 21.3. The Balaban J connectivity index is 4.61. The molecule has 0 amide bonds. The van der Waals surface area contributed by atoms with E-state index in [0.29, 0.717) is 19.3 Å². The molecule has 334 valence electrons. The third-order valence-corrected chi connectivity index (χ3v) is 10.4. The number of unbranched alkanes of at least 4 members (excludes halogenated alkanes) is 17. The van der Waals surface area contributed by atoms with Gasteiger partial charge in [-0.05, 0) is 44.1 Å². The maximum absolute atomic E-state index is 12.6. The van der Waals surface area contributed by atoms with Crippen molar-refractivity contribution in [2.45, 2.75) is 187 Å². The van der Waals surface area contributed by atoms with Gasteiger partial charge in [-0.2, -0.15) is 0 Å². The molecule has 0 spiro atoms. The SMILES string of the molecule is CCCCC/C=C\C=C\C(=O)CCCCCCCC(=O)O[C@H](COC(=O)CCCCCCCCCCCCCC(C)C)COP(=O)(O)OC[C@@H](O)COP(=O)(O)O. The van der Waals surface area contributed by atoms with Crippen LogP contribution < -0.4 is 0 Å². The number of ketones is 1. The highest BCUT2D eigenvalue weighted by Crippen LogP contribution is 2.43. The average Bonchev–Trinajstić information content (AvgIpc) is 3.14. The predicted molar refractivity (Wildman–Crippen MR) is 221 cm³/mol. The zero-order valence-electron chi connectivity index (χ0n) is 35.1. The van der Waals surface area contributed by atoms with Crippen LogP contribution in [0.25, 0.3) is 0 Å². The summed E-state index contributed by atoms with van der Waals surface area (Å²) in [6, 6.07) is 0. The highest BCUT2D eigenvalue weighted by atomic mass is 31.2. The van der Waals surface area contributed by atoms with Crippen molar-refractivity contribution in [2.24, 2.45) is 5.92 Å². The third-order valence-electron chi connectivity index (χ3n) is 8.99. The number of aliphatic hydroxyl groups is 1. The Hall–Kier alpha value is -1.73. The second-order valence-corrected chi connectivity index (χ2v) is 17.8. The summed E-state index contributed by atoms with van der Waals surface area (Å²) in [7, 11) is -9.71. The van der Waals surface area contributed by atoms with Crippen LogP contribution >= 0.6 is 15.6 Å². The quantitative estimate of drug-likeness (QED) is 0.0149. The highest BCUT2D eigenvalue weighted by molar-refractivity contribution is 7.47. The summed E-state index contributed by atoms with van der Waals surface area (Å²) in [5, 5.41) is 9.73. The number of carbonyl (C=O) groups is 3. The monoisotopic (exact) mass is 854 g/mol. The van der Waals surface area contributed by atoms with Gasteiger partial charge < -0.3 is 29.3 Å². The van der Waals surface area contributed by atoms with Crippen LogP contribution in [0, 0.1) is 5.92 Å². The number of phosphoric acid groups is 2. The van der Waals surface area contributed by atoms with E-state index in [-0.39, 0.29) is 18.6 Å². The van der Waals surface area contributed by atoms with Gasteiger partial charge in [0.1, 0.15) is 12.7 Å². The summed E-state index contributed by atoms with van der Waals surface area (Å²) in [6.45, 7) is 3.88. The molecule has 0 aromatic carbocycles. The number of allylic oxidation sites excluding steroid dienone is 4. The van der Waals surface area contributed by atoms with Crippen LogP contribution in [0.15, 0.2) is 24.3 Å². The van der Waals surface area contributed by atoms with E-state index in [4.69, 9.17) is 23.8 Å². The van der Waals surface area contributed by atoms with E-state index in [1.54, 1.807) is 12.2 Å². The lowest BCUT2D eigenvalue weighted by Gasteiger charge is -2.20. The fraction of sp³-hybridized carbons (Fsp3) is 0.829. The number of ether oxygens (including phenoxy) is 2. The molecule has 0 saturated heterocycles. The molecule has 0 aliphatic rings. The van der Waals surface area contributed by atoms with Crippen molar-refractivity contribution < 1.29 is 66.3 Å². The maximum atomic E-state index is 12.6. The minimum Gasteiger partial charge on any atom is -0.462 e. The molecule has 3 atom stereocenters. The number of hydrogen-bond acceptors (Lipinski definition) is 11. The minimum absolute atomic E-state index is 0.0497. The molecule has 0 aromatic heterocycles. The van der Waals surface area contributed by atoms with Gasteiger partial charge in [-0.25, -0.2) is 9.13 Å². The van der Waals surface area contributed by atoms with Gasteiger partial charge in [-0.15, -0.1) is 0 Å². The number of phosphoric ester groups is 2. The van der Waals surface area contributed by atoms with Crippen LogP contribution in [-0.2, 0) is 46.6 Å². The number of aliphatic hydroxyl groups excluding tert-OH is 1. The lowest BCUT2D eigenvalue weighted by Crippen LogP contribution is -2.30. The molecule has 0 aliphatic carbocycles. The number of rotatable bonds is 40. The first kappa shape index (κ1) is 55.3. The second kappa shape index (κ2) is 36.1. The van der Waals surface area contributed by atoms with Gasteiger partial charge in [-0.1, -0.05) is 142 Å². The molecule has 0 saturated carbocycles. The molecule has 1 unspecified atom stereocenters. The number of esters is 2. The van der Waals surface area contributed by atoms with E-state index < -0.39 is 66.2 Å². The number of hydrogen-bond donors (Lipinski definition) is 4. The molecule has 0 fully saturated rings. The molecule has 0 radical (unpaired) electrons. The fourth-order valence-corrected chi connectivity index (χ4v) is 6.85. The standard InChI is InChI=1S/C41H76O14P2/c1-4-5-6-7-13-18-23-28-37(42)29-24-19-16-21-26-31-41(45)55-39(35-54-57(49,50)53-33-38(43)32-52-56(46,47)48)34-51-40(44)30-25-20-15-12-10-8-9-11-14-17-22-27-36(2)3/h13,18,23,28,36,38-39,43H,4-12,14-17,19-22,24-27,29-35H2,1-3H3,(H,49,50)(H2,46,47,48)/b18-13-,28-23+/t38-,39+/m0/s1. The Morgan fingerprint density at radius 2 is 1.11 bits per heavy atom. The molecule has 4 N–H and O–H groups in total. The summed E-state index contributed by atoms with van der Waals surface area (Å²) < 4.78 is 47.6. The van der Waals surface area contributed by atoms with Crippen LogP contribution in [-0.4, -0.2) is 76.1 Å². The van der Waals surface area contributed by atoms with Gasteiger partial charge in [0.05, 0.1) is 19.8 Å². The molecule has 57 heavy (non-hydrogen) atoms. The van der Waals surface area contributed by atoms with Crippen LogP contribution in [0.1, 0.15) is 175 Å². The van der Waals surface area contributed by atoms with Crippen molar-refractivity contribution in [1.29, 1.82) is 0 Å². The van der Waals surface area contributed by atoms with Gasteiger partial charge in [0.2, 0.25) is 0 Å². The molecular formula is C41H76O14P2. The fourth-order valence-electron chi connectivity index (χ4n) is 5.69. The Morgan fingerprint density at radius 1 is 0.596 bits per heavy atom. The molecule has 0 aliphatic heterocycles. The van der Waals surface area contributed by atoms with E-state index >= 15 is 0 Å².